The van der Waals surface area contributed by atoms with E-state index in [1.165, 1.54) is 11.3 Å². The molecule has 2 aliphatic heterocycles. The van der Waals surface area contributed by atoms with E-state index in [1.807, 2.05) is 12.1 Å². The number of hydrogen-bond donors (Lipinski definition) is 0. The summed E-state index contributed by atoms with van der Waals surface area (Å²) < 4.78 is 13.5. The summed E-state index contributed by atoms with van der Waals surface area (Å²) in [4.78, 5) is 2.45. The van der Waals surface area contributed by atoms with Crippen molar-refractivity contribution in [2.75, 3.05) is 33.4 Å². The molecule has 1 saturated heterocycles. The quantitative estimate of drug-likeness (QED) is 0.866. The van der Waals surface area contributed by atoms with E-state index in [-0.39, 0.29) is 0 Å². The van der Waals surface area contributed by atoms with Gasteiger partial charge >= 0.3 is 0 Å². The number of methoxy groups -OCH3 is 1. The predicted octanol–water partition coefficient (Wildman–Crippen LogP) is 2.84. The Bertz CT molecular complexity index is 788. The van der Waals surface area contributed by atoms with Crippen molar-refractivity contribution in [1.29, 1.82) is 0 Å². The molecule has 24 heavy (non-hydrogen) atoms. The highest BCUT2D eigenvalue weighted by Gasteiger charge is 2.30. The molecule has 0 unspecified atom stereocenters. The number of fused-ring (bicyclic) bond motifs is 1. The standard InChI is InChI=1S/C19H23N3O2/c1-13-7-14(2)22(20-13)17-10-21(11-17)9-15-8-16-5-4-6-18(23-3)19(16)24-12-15/h4-8,17H,9-12H2,1-3H3. The van der Waals surface area contributed by atoms with Crippen molar-refractivity contribution in [1.82, 2.24) is 14.7 Å². The van der Waals surface area contributed by atoms with E-state index in [1.54, 1.807) is 7.11 Å². The minimum absolute atomic E-state index is 0.496. The number of benzene rings is 1. The molecule has 0 bridgehead atoms. The van der Waals surface area contributed by atoms with Gasteiger partial charge in [0.05, 0.1) is 18.8 Å². The number of ether oxygens (including phenoxy) is 2. The summed E-state index contributed by atoms with van der Waals surface area (Å²) in [6, 6.07) is 8.65. The maximum atomic E-state index is 5.92. The highest BCUT2D eigenvalue weighted by Crippen LogP contribution is 2.36. The number of aryl methyl sites for hydroxylation is 2. The number of hydrogen-bond acceptors (Lipinski definition) is 4. The Morgan fingerprint density at radius 3 is 2.83 bits per heavy atom. The molecule has 4 rings (SSSR count). The normalized spacial score (nSPS) is 17.7. The number of likely N-dealkylation sites (tertiary alicyclic amines) is 1. The van der Waals surface area contributed by atoms with Gasteiger partial charge in [-0.2, -0.15) is 5.10 Å². The van der Waals surface area contributed by atoms with Gasteiger partial charge in [0.2, 0.25) is 0 Å². The summed E-state index contributed by atoms with van der Waals surface area (Å²) in [6.45, 7) is 7.86. The summed E-state index contributed by atoms with van der Waals surface area (Å²) in [5.41, 5.74) is 4.76. The second kappa shape index (κ2) is 5.98. The van der Waals surface area contributed by atoms with Crippen LogP contribution in [0.4, 0.5) is 0 Å². The van der Waals surface area contributed by atoms with Crippen LogP contribution in [0.2, 0.25) is 0 Å². The third kappa shape index (κ3) is 2.69. The third-order valence-electron chi connectivity index (χ3n) is 4.75. The Morgan fingerprint density at radius 2 is 2.12 bits per heavy atom. The number of aromatic nitrogens is 2. The molecule has 1 aromatic carbocycles. The van der Waals surface area contributed by atoms with Gasteiger partial charge in [0.1, 0.15) is 6.61 Å². The first kappa shape index (κ1) is 15.3. The van der Waals surface area contributed by atoms with Gasteiger partial charge in [0.15, 0.2) is 11.5 Å². The zero-order valence-electron chi connectivity index (χ0n) is 14.5. The summed E-state index contributed by atoms with van der Waals surface area (Å²) in [5.74, 6) is 1.66. The van der Waals surface area contributed by atoms with Crippen molar-refractivity contribution >= 4 is 6.08 Å². The lowest BCUT2D eigenvalue weighted by atomic mass is 10.0. The summed E-state index contributed by atoms with van der Waals surface area (Å²) in [6.07, 6.45) is 2.23. The minimum atomic E-state index is 0.496. The van der Waals surface area contributed by atoms with Gasteiger partial charge in [-0.3, -0.25) is 9.58 Å². The van der Waals surface area contributed by atoms with Crippen molar-refractivity contribution in [3.05, 3.63) is 46.8 Å². The number of rotatable bonds is 4. The molecule has 0 radical (unpaired) electrons. The Morgan fingerprint density at radius 1 is 1.29 bits per heavy atom. The van der Waals surface area contributed by atoms with E-state index in [4.69, 9.17) is 9.47 Å². The molecule has 5 nitrogen and oxygen atoms in total. The summed E-state index contributed by atoms with van der Waals surface area (Å²) in [7, 11) is 1.68. The zero-order chi connectivity index (χ0) is 16.7. The molecule has 126 valence electrons. The molecule has 0 amide bonds. The maximum Gasteiger partial charge on any atom is 0.168 e. The van der Waals surface area contributed by atoms with Gasteiger partial charge in [0.25, 0.3) is 0 Å². The van der Waals surface area contributed by atoms with Gasteiger partial charge in [-0.1, -0.05) is 12.1 Å². The minimum Gasteiger partial charge on any atom is -0.493 e. The lowest BCUT2D eigenvalue weighted by Gasteiger charge is -2.40. The molecule has 0 spiro atoms. The van der Waals surface area contributed by atoms with Crippen LogP contribution in [0, 0.1) is 13.8 Å². The zero-order valence-corrected chi connectivity index (χ0v) is 14.5. The van der Waals surface area contributed by atoms with Crippen LogP contribution >= 0.6 is 0 Å². The lowest BCUT2D eigenvalue weighted by molar-refractivity contribution is 0.105. The smallest absolute Gasteiger partial charge is 0.168 e. The van der Waals surface area contributed by atoms with Crippen molar-refractivity contribution in [3.8, 4) is 11.5 Å². The Hall–Kier alpha value is -2.27. The molecule has 3 heterocycles. The third-order valence-corrected chi connectivity index (χ3v) is 4.75. The van der Waals surface area contributed by atoms with E-state index in [0.717, 1.165) is 42.4 Å². The fourth-order valence-corrected chi connectivity index (χ4v) is 3.61. The molecule has 0 aliphatic carbocycles. The average Bonchev–Trinajstić information content (AvgIpc) is 2.87. The second-order valence-corrected chi connectivity index (χ2v) is 6.69. The number of nitrogens with zero attached hydrogens (tertiary/aromatic N) is 3. The van der Waals surface area contributed by atoms with Crippen LogP contribution in [0.15, 0.2) is 29.8 Å². The van der Waals surface area contributed by atoms with Crippen LogP contribution in [-0.2, 0) is 0 Å². The van der Waals surface area contributed by atoms with Crippen molar-refractivity contribution in [2.24, 2.45) is 0 Å². The molecule has 0 atom stereocenters. The van der Waals surface area contributed by atoms with Gasteiger partial charge < -0.3 is 9.47 Å². The van der Waals surface area contributed by atoms with Crippen LogP contribution in [0.25, 0.3) is 6.08 Å². The Labute approximate surface area is 142 Å². The maximum absolute atomic E-state index is 5.92. The Balaban J connectivity index is 1.41. The van der Waals surface area contributed by atoms with Crippen LogP contribution in [0.1, 0.15) is 23.0 Å². The summed E-state index contributed by atoms with van der Waals surface area (Å²) >= 11 is 0. The van der Waals surface area contributed by atoms with Crippen molar-refractivity contribution in [2.45, 2.75) is 19.9 Å². The molecule has 1 aromatic heterocycles. The molecule has 0 N–H and O–H groups in total. The van der Waals surface area contributed by atoms with Crippen LogP contribution in [0.5, 0.6) is 11.5 Å². The van der Waals surface area contributed by atoms with Gasteiger partial charge in [-0.05, 0) is 37.6 Å². The molecular formula is C19H23N3O2. The average molecular weight is 325 g/mol. The van der Waals surface area contributed by atoms with E-state index >= 15 is 0 Å². The largest absolute Gasteiger partial charge is 0.493 e. The van der Waals surface area contributed by atoms with Crippen LogP contribution in [0.3, 0.4) is 0 Å². The molecule has 0 saturated carbocycles. The Kier molecular flexibility index (Phi) is 3.81. The first-order chi connectivity index (χ1) is 11.6. The molecule has 5 heteroatoms. The fourth-order valence-electron chi connectivity index (χ4n) is 3.61. The first-order valence-corrected chi connectivity index (χ1v) is 8.38. The first-order valence-electron chi connectivity index (χ1n) is 8.38. The van der Waals surface area contributed by atoms with E-state index in [0.29, 0.717) is 12.6 Å². The van der Waals surface area contributed by atoms with Gasteiger partial charge in [-0.15, -0.1) is 0 Å². The number of para-hydroxylation sites is 1. The monoisotopic (exact) mass is 325 g/mol. The van der Waals surface area contributed by atoms with E-state index in [2.05, 4.69) is 46.7 Å². The molecule has 2 aromatic rings. The predicted molar refractivity (Wildman–Crippen MR) is 93.6 cm³/mol. The topological polar surface area (TPSA) is 39.5 Å². The highest BCUT2D eigenvalue weighted by atomic mass is 16.5. The molecule has 1 fully saturated rings. The fraction of sp³-hybridized carbons (Fsp3) is 0.421. The summed E-state index contributed by atoms with van der Waals surface area (Å²) in [5, 5.41) is 4.60. The van der Waals surface area contributed by atoms with Crippen LogP contribution in [-0.4, -0.2) is 48.0 Å². The van der Waals surface area contributed by atoms with Gasteiger partial charge in [-0.25, -0.2) is 0 Å². The van der Waals surface area contributed by atoms with Gasteiger partial charge in [0, 0.05) is 30.9 Å². The molecule has 2 aliphatic rings. The SMILES string of the molecule is COc1cccc2c1OCC(CN1CC(n3nc(C)cc3C)C1)=C2. The van der Waals surface area contributed by atoms with Crippen molar-refractivity contribution < 1.29 is 9.47 Å². The van der Waals surface area contributed by atoms with E-state index < -0.39 is 0 Å². The second-order valence-electron chi connectivity index (χ2n) is 6.69. The van der Waals surface area contributed by atoms with E-state index in [9.17, 15) is 0 Å². The molecular weight excluding hydrogens is 302 g/mol. The van der Waals surface area contributed by atoms with Crippen molar-refractivity contribution in [3.63, 3.8) is 0 Å². The van der Waals surface area contributed by atoms with Crippen LogP contribution < -0.4 is 9.47 Å². The lowest BCUT2D eigenvalue weighted by Crippen LogP contribution is -2.49. The highest BCUT2D eigenvalue weighted by molar-refractivity contribution is 5.66.